The molecular weight excluding hydrogens is 408 g/mol. The highest BCUT2D eigenvalue weighted by Gasteiger charge is 2.23. The zero-order valence-electron chi connectivity index (χ0n) is 16.1. The summed E-state index contributed by atoms with van der Waals surface area (Å²) in [5, 5.41) is 6.95. The molecule has 27 heavy (non-hydrogen) atoms. The second-order valence-corrected chi connectivity index (χ2v) is 8.00. The van der Waals surface area contributed by atoms with Crippen molar-refractivity contribution < 1.29 is 9.47 Å². The zero-order valence-corrected chi connectivity index (χ0v) is 17.7. The fraction of sp³-hybridized carbons (Fsp3) is 0.650. The van der Waals surface area contributed by atoms with Crippen molar-refractivity contribution in [1.29, 1.82) is 0 Å². The molecule has 0 bridgehead atoms. The lowest BCUT2D eigenvalue weighted by Gasteiger charge is -2.22. The first-order chi connectivity index (χ1) is 13.2. The van der Waals surface area contributed by atoms with Crippen LogP contribution in [0.3, 0.4) is 0 Å². The van der Waals surface area contributed by atoms with Gasteiger partial charge in [-0.25, -0.2) is 0 Å². The maximum Gasteiger partial charge on any atom is 0.191 e. The van der Waals surface area contributed by atoms with E-state index in [0.717, 1.165) is 75.6 Å². The molecule has 0 radical (unpaired) electrons. The van der Waals surface area contributed by atoms with Gasteiger partial charge < -0.3 is 25.0 Å². The van der Waals surface area contributed by atoms with E-state index in [1.54, 1.807) is 0 Å². The maximum atomic E-state index is 5.91. The smallest absolute Gasteiger partial charge is 0.191 e. The third-order valence-electron chi connectivity index (χ3n) is 5.08. The molecular formula is C20H31BrN4O2. The van der Waals surface area contributed by atoms with Gasteiger partial charge in [0.1, 0.15) is 0 Å². The maximum absolute atomic E-state index is 5.91. The van der Waals surface area contributed by atoms with Gasteiger partial charge in [-0.3, -0.25) is 4.99 Å². The summed E-state index contributed by atoms with van der Waals surface area (Å²) >= 11 is 3.50. The van der Waals surface area contributed by atoms with Gasteiger partial charge in [-0.1, -0.05) is 15.9 Å². The summed E-state index contributed by atoms with van der Waals surface area (Å²) < 4.78 is 12.4. The van der Waals surface area contributed by atoms with Crippen LogP contribution in [0.4, 0.5) is 5.69 Å². The monoisotopic (exact) mass is 438 g/mol. The molecule has 6 nitrogen and oxygen atoms in total. The van der Waals surface area contributed by atoms with E-state index >= 15 is 0 Å². The molecule has 150 valence electrons. The standard InChI is InChI=1S/C20H31BrN4O2/c1-22-20(23-10-2-12-27-19-8-13-26-14-9-19)24-17-7-11-25(15-17)18-5-3-16(21)4-6-18/h3-6,17,19H,2,7-15H2,1H3,(H2,22,23,24). The van der Waals surface area contributed by atoms with Crippen molar-refractivity contribution in [3.05, 3.63) is 28.7 Å². The van der Waals surface area contributed by atoms with Crippen molar-refractivity contribution in [3.63, 3.8) is 0 Å². The Balaban J connectivity index is 1.32. The average Bonchev–Trinajstić information content (AvgIpc) is 3.16. The van der Waals surface area contributed by atoms with E-state index in [-0.39, 0.29) is 0 Å². The molecule has 2 saturated heterocycles. The van der Waals surface area contributed by atoms with Crippen LogP contribution in [0, 0.1) is 0 Å². The predicted octanol–water partition coefficient (Wildman–Crippen LogP) is 2.78. The molecule has 0 aliphatic carbocycles. The molecule has 7 heteroatoms. The molecule has 0 saturated carbocycles. The highest BCUT2D eigenvalue weighted by molar-refractivity contribution is 9.10. The highest BCUT2D eigenvalue weighted by Crippen LogP contribution is 2.22. The lowest BCUT2D eigenvalue weighted by Crippen LogP contribution is -2.45. The summed E-state index contributed by atoms with van der Waals surface area (Å²) in [5.41, 5.74) is 1.27. The van der Waals surface area contributed by atoms with Crippen molar-refractivity contribution in [2.24, 2.45) is 4.99 Å². The normalized spacial score (nSPS) is 21.5. The third kappa shape index (κ3) is 6.66. The minimum Gasteiger partial charge on any atom is -0.381 e. The number of nitrogens with one attached hydrogen (secondary N) is 2. The van der Waals surface area contributed by atoms with Crippen molar-refractivity contribution >= 4 is 27.6 Å². The molecule has 1 aromatic carbocycles. The molecule has 2 fully saturated rings. The topological polar surface area (TPSA) is 58.1 Å². The van der Waals surface area contributed by atoms with Crippen LogP contribution < -0.4 is 15.5 Å². The van der Waals surface area contributed by atoms with Gasteiger partial charge in [-0.2, -0.15) is 0 Å². The molecule has 1 atom stereocenters. The number of benzene rings is 1. The summed E-state index contributed by atoms with van der Waals surface area (Å²) in [6.45, 7) is 5.38. The number of halogens is 1. The highest BCUT2D eigenvalue weighted by atomic mass is 79.9. The molecule has 0 aromatic heterocycles. The van der Waals surface area contributed by atoms with Crippen LogP contribution in [0.2, 0.25) is 0 Å². The van der Waals surface area contributed by atoms with Crippen molar-refractivity contribution in [2.75, 3.05) is 51.4 Å². The van der Waals surface area contributed by atoms with Gasteiger partial charge in [0.05, 0.1) is 6.10 Å². The summed E-state index contributed by atoms with van der Waals surface area (Å²) in [6.07, 6.45) is 4.51. The quantitative estimate of drug-likeness (QED) is 0.389. The van der Waals surface area contributed by atoms with Crippen molar-refractivity contribution in [3.8, 4) is 0 Å². The van der Waals surface area contributed by atoms with E-state index < -0.39 is 0 Å². The Morgan fingerprint density at radius 1 is 1.26 bits per heavy atom. The van der Waals surface area contributed by atoms with Gasteiger partial charge in [-0.15, -0.1) is 0 Å². The molecule has 0 spiro atoms. The van der Waals surface area contributed by atoms with E-state index in [9.17, 15) is 0 Å². The van der Waals surface area contributed by atoms with Gasteiger partial charge >= 0.3 is 0 Å². The number of rotatable bonds is 7. The molecule has 2 aliphatic heterocycles. The van der Waals surface area contributed by atoms with Crippen molar-refractivity contribution in [1.82, 2.24) is 10.6 Å². The number of guanidine groups is 1. The largest absolute Gasteiger partial charge is 0.381 e. The first kappa shape index (κ1) is 20.4. The van der Waals surface area contributed by atoms with Crippen LogP contribution >= 0.6 is 15.9 Å². The summed E-state index contributed by atoms with van der Waals surface area (Å²) in [6, 6.07) is 8.94. The van der Waals surface area contributed by atoms with Crippen LogP contribution in [-0.2, 0) is 9.47 Å². The second-order valence-electron chi connectivity index (χ2n) is 7.09. The molecule has 2 aliphatic rings. The Kier molecular flexibility index (Phi) is 8.23. The SMILES string of the molecule is CN=C(NCCCOC1CCOCC1)NC1CCN(c2ccc(Br)cc2)C1. The Bertz CT molecular complexity index is 590. The van der Waals surface area contributed by atoms with E-state index in [1.807, 2.05) is 7.05 Å². The van der Waals surface area contributed by atoms with Crippen LogP contribution in [0.15, 0.2) is 33.7 Å². The van der Waals surface area contributed by atoms with E-state index in [2.05, 4.69) is 60.7 Å². The summed E-state index contributed by atoms with van der Waals surface area (Å²) in [7, 11) is 1.83. The van der Waals surface area contributed by atoms with Gasteiger partial charge in [-0.05, 0) is 49.9 Å². The van der Waals surface area contributed by atoms with Gasteiger partial charge in [0.2, 0.25) is 0 Å². The van der Waals surface area contributed by atoms with Crippen LogP contribution in [-0.4, -0.2) is 64.6 Å². The summed E-state index contributed by atoms with van der Waals surface area (Å²) in [4.78, 5) is 6.78. The van der Waals surface area contributed by atoms with Crippen LogP contribution in [0.1, 0.15) is 25.7 Å². The second kappa shape index (κ2) is 10.9. The predicted molar refractivity (Wildman–Crippen MR) is 114 cm³/mol. The molecule has 1 aromatic rings. The minimum atomic E-state index is 0.374. The number of hydrogen-bond donors (Lipinski definition) is 2. The van der Waals surface area contributed by atoms with E-state index in [4.69, 9.17) is 9.47 Å². The molecule has 2 N–H and O–H groups in total. The molecule has 3 rings (SSSR count). The zero-order chi connectivity index (χ0) is 18.9. The number of anilines is 1. The van der Waals surface area contributed by atoms with Gasteiger partial charge in [0.25, 0.3) is 0 Å². The minimum absolute atomic E-state index is 0.374. The number of nitrogens with zero attached hydrogens (tertiary/aromatic N) is 2. The Morgan fingerprint density at radius 2 is 2.04 bits per heavy atom. The Hall–Kier alpha value is -1.31. The van der Waals surface area contributed by atoms with Gasteiger partial charge in [0, 0.05) is 62.7 Å². The average molecular weight is 439 g/mol. The lowest BCUT2D eigenvalue weighted by atomic mass is 10.1. The molecule has 1 unspecified atom stereocenters. The summed E-state index contributed by atoms with van der Waals surface area (Å²) in [5.74, 6) is 0.878. The number of ether oxygens (including phenoxy) is 2. The van der Waals surface area contributed by atoms with Crippen LogP contribution in [0.25, 0.3) is 0 Å². The van der Waals surface area contributed by atoms with Crippen molar-refractivity contribution in [2.45, 2.75) is 37.8 Å². The number of hydrogen-bond acceptors (Lipinski definition) is 4. The number of aliphatic imine (C=N–C) groups is 1. The van der Waals surface area contributed by atoms with E-state index in [0.29, 0.717) is 12.1 Å². The fourth-order valence-electron chi connectivity index (χ4n) is 3.52. The Labute approximate surface area is 170 Å². The first-order valence-corrected chi connectivity index (χ1v) is 10.7. The van der Waals surface area contributed by atoms with Crippen LogP contribution in [0.5, 0.6) is 0 Å². The van der Waals surface area contributed by atoms with E-state index in [1.165, 1.54) is 5.69 Å². The van der Waals surface area contributed by atoms with Gasteiger partial charge in [0.15, 0.2) is 5.96 Å². The third-order valence-corrected chi connectivity index (χ3v) is 5.61. The lowest BCUT2D eigenvalue weighted by molar-refractivity contribution is -0.0320. The molecule has 0 amide bonds. The Morgan fingerprint density at radius 3 is 2.78 bits per heavy atom. The molecule has 2 heterocycles. The fourth-order valence-corrected chi connectivity index (χ4v) is 3.79. The first-order valence-electron chi connectivity index (χ1n) is 9.91.